The van der Waals surface area contributed by atoms with Crippen LogP contribution in [0.5, 0.6) is 0 Å². The molecule has 1 aliphatic rings. The van der Waals surface area contributed by atoms with Gasteiger partial charge in [-0.05, 0) is 35.9 Å². The van der Waals surface area contributed by atoms with Gasteiger partial charge in [0.05, 0.1) is 6.61 Å². The molecule has 1 heterocycles. The summed E-state index contributed by atoms with van der Waals surface area (Å²) < 4.78 is 5.60. The van der Waals surface area contributed by atoms with Crippen molar-refractivity contribution in [1.82, 2.24) is 5.32 Å². The second kappa shape index (κ2) is 10.7. The average molecular weight is 453 g/mol. The Hall–Kier alpha value is -3.06. The minimum atomic E-state index is -1.47. The summed E-state index contributed by atoms with van der Waals surface area (Å²) in [7, 11) is 1.51. The number of benzene rings is 2. The molecule has 1 amide bonds. The van der Waals surface area contributed by atoms with Crippen molar-refractivity contribution in [2.75, 3.05) is 13.7 Å². The molecule has 0 radical (unpaired) electrons. The quantitative estimate of drug-likeness (QED) is 0.330. The first-order chi connectivity index (χ1) is 15.8. The van der Waals surface area contributed by atoms with Gasteiger partial charge in [0.1, 0.15) is 30.5 Å². The maximum atomic E-state index is 12.2. The predicted molar refractivity (Wildman–Crippen MR) is 120 cm³/mol. The Morgan fingerprint density at radius 1 is 0.970 bits per heavy atom. The number of hydrogen-bond acceptors (Lipinski definition) is 7. The lowest BCUT2D eigenvalue weighted by Crippen LogP contribution is -2.55. The number of nitrogens with one attached hydrogen (secondary N) is 1. The molecule has 174 valence electrons. The van der Waals surface area contributed by atoms with E-state index in [0.29, 0.717) is 34.2 Å². The highest BCUT2D eigenvalue weighted by molar-refractivity contribution is 6.01. The number of aliphatic hydroxyl groups excluding tert-OH is 4. The van der Waals surface area contributed by atoms with Crippen LogP contribution in [0.3, 0.4) is 0 Å². The minimum Gasteiger partial charge on any atom is -0.394 e. The van der Waals surface area contributed by atoms with Gasteiger partial charge in [-0.1, -0.05) is 30.9 Å². The number of carbonyl (C=O) groups is 2. The van der Waals surface area contributed by atoms with Gasteiger partial charge in [0, 0.05) is 35.7 Å². The van der Waals surface area contributed by atoms with Crippen LogP contribution in [0.1, 0.15) is 56.9 Å². The number of rotatable bonds is 5. The zero-order chi connectivity index (χ0) is 24.1. The van der Waals surface area contributed by atoms with Gasteiger partial charge in [0.25, 0.3) is 5.91 Å². The van der Waals surface area contributed by atoms with E-state index < -0.39 is 37.1 Å². The molecule has 0 aliphatic carbocycles. The third-order valence-electron chi connectivity index (χ3n) is 5.52. The Balaban J connectivity index is 1.93. The van der Waals surface area contributed by atoms with Crippen LogP contribution in [0.2, 0.25) is 0 Å². The zero-order valence-corrected chi connectivity index (χ0v) is 18.4. The van der Waals surface area contributed by atoms with Crippen molar-refractivity contribution in [1.29, 1.82) is 0 Å². The molecule has 0 unspecified atom stereocenters. The summed E-state index contributed by atoms with van der Waals surface area (Å²) in [6.07, 6.45) is -5.98. The molecule has 5 N–H and O–H groups in total. The number of hydrogen-bond donors (Lipinski definition) is 5. The molecule has 3 rings (SSSR count). The maximum absolute atomic E-state index is 12.2. The average Bonchev–Trinajstić information content (AvgIpc) is 2.85. The third-order valence-corrected chi connectivity index (χ3v) is 5.52. The van der Waals surface area contributed by atoms with Crippen molar-refractivity contribution in [3.05, 3.63) is 70.3 Å². The molecule has 1 aliphatic heterocycles. The van der Waals surface area contributed by atoms with Crippen LogP contribution in [-0.4, -0.2) is 70.2 Å². The van der Waals surface area contributed by atoms with Crippen LogP contribution in [-0.2, 0) is 4.74 Å². The fourth-order valence-electron chi connectivity index (χ4n) is 3.66. The highest BCUT2D eigenvalue weighted by atomic mass is 16.5. The second-order valence-corrected chi connectivity index (χ2v) is 7.78. The van der Waals surface area contributed by atoms with Crippen molar-refractivity contribution in [3.8, 4) is 11.8 Å². The van der Waals surface area contributed by atoms with Gasteiger partial charge in [-0.3, -0.25) is 9.59 Å². The molecular formula is C25H27NO7. The molecule has 0 spiro atoms. The number of Topliss-reactive ketones (excluding diaryl/α,β-unsaturated/α-hetero) is 1. The van der Waals surface area contributed by atoms with Crippen LogP contribution >= 0.6 is 0 Å². The number of ether oxygens (including phenoxy) is 1. The standard InChI is InChI=1S/C25H27NO7/c1-3-19(28)17-10-15(11-18(12-17)25(32)26-2)8-7-14-5-4-6-16(9-14)24-23(31)22(30)21(29)20(13-27)33-24/h4-6,9-12,20-24,27,29-31H,3,13H2,1-2H3,(H,26,32)/t20-,21-,22+,23+,24-/m1/s1. The number of carbonyl (C=O) groups excluding carboxylic acids is 2. The molecular weight excluding hydrogens is 426 g/mol. The fraction of sp³-hybridized carbons (Fsp3) is 0.360. The van der Waals surface area contributed by atoms with Gasteiger partial charge in [0.2, 0.25) is 0 Å². The Morgan fingerprint density at radius 2 is 1.67 bits per heavy atom. The number of amides is 1. The van der Waals surface area contributed by atoms with Gasteiger partial charge >= 0.3 is 0 Å². The van der Waals surface area contributed by atoms with Gasteiger partial charge < -0.3 is 30.5 Å². The Morgan fingerprint density at radius 3 is 2.33 bits per heavy atom. The van der Waals surface area contributed by atoms with Crippen LogP contribution in [0, 0.1) is 11.8 Å². The summed E-state index contributed by atoms with van der Waals surface area (Å²) >= 11 is 0. The van der Waals surface area contributed by atoms with E-state index in [1.165, 1.54) is 13.1 Å². The highest BCUT2D eigenvalue weighted by Gasteiger charge is 2.43. The predicted octanol–water partition coefficient (Wildman–Crippen LogP) is 0.554. The maximum Gasteiger partial charge on any atom is 0.251 e. The van der Waals surface area contributed by atoms with Gasteiger partial charge in [0.15, 0.2) is 5.78 Å². The first kappa shape index (κ1) is 24.6. The largest absolute Gasteiger partial charge is 0.394 e. The lowest BCUT2D eigenvalue weighted by Gasteiger charge is -2.40. The molecule has 0 aromatic heterocycles. The summed E-state index contributed by atoms with van der Waals surface area (Å²) in [5.74, 6) is 5.51. The van der Waals surface area contributed by atoms with Crippen molar-refractivity contribution in [2.24, 2.45) is 0 Å². The van der Waals surface area contributed by atoms with Crippen molar-refractivity contribution in [3.63, 3.8) is 0 Å². The molecule has 2 aromatic rings. The van der Waals surface area contributed by atoms with E-state index in [0.717, 1.165) is 0 Å². The summed E-state index contributed by atoms with van der Waals surface area (Å²) in [6.45, 7) is 1.23. The topological polar surface area (TPSA) is 136 Å². The van der Waals surface area contributed by atoms with E-state index >= 15 is 0 Å². The SMILES string of the molecule is CCC(=O)c1cc(C#Cc2cccc([C@H]3O[C@H](CO)[C@@H](O)[C@H](O)[C@@H]3O)c2)cc(C(=O)NC)c1. The number of aliphatic hydroxyl groups is 4. The van der Waals surface area contributed by atoms with E-state index in [-0.39, 0.29) is 11.7 Å². The summed E-state index contributed by atoms with van der Waals surface area (Å²) in [6, 6.07) is 11.6. The van der Waals surface area contributed by atoms with E-state index in [2.05, 4.69) is 17.2 Å². The molecule has 5 atom stereocenters. The Bertz CT molecular complexity index is 1050. The molecule has 33 heavy (non-hydrogen) atoms. The van der Waals surface area contributed by atoms with Crippen molar-refractivity contribution >= 4 is 11.7 Å². The molecule has 1 saturated heterocycles. The highest BCUT2D eigenvalue weighted by Crippen LogP contribution is 2.32. The Kier molecular flexibility index (Phi) is 7.97. The fourth-order valence-corrected chi connectivity index (χ4v) is 3.66. The van der Waals surface area contributed by atoms with Crippen LogP contribution in [0.4, 0.5) is 0 Å². The van der Waals surface area contributed by atoms with Crippen LogP contribution in [0.15, 0.2) is 42.5 Å². The second-order valence-electron chi connectivity index (χ2n) is 7.78. The van der Waals surface area contributed by atoms with Gasteiger partial charge in [-0.15, -0.1) is 0 Å². The first-order valence-electron chi connectivity index (χ1n) is 10.6. The molecule has 0 saturated carbocycles. The van der Waals surface area contributed by atoms with Crippen LogP contribution in [0.25, 0.3) is 0 Å². The van der Waals surface area contributed by atoms with Crippen molar-refractivity contribution in [2.45, 2.75) is 43.9 Å². The van der Waals surface area contributed by atoms with Gasteiger partial charge in [-0.25, -0.2) is 0 Å². The minimum absolute atomic E-state index is 0.103. The van der Waals surface area contributed by atoms with Crippen LogP contribution < -0.4 is 5.32 Å². The molecule has 0 bridgehead atoms. The lowest BCUT2D eigenvalue weighted by atomic mass is 9.90. The first-order valence-corrected chi connectivity index (χ1v) is 10.6. The van der Waals surface area contributed by atoms with E-state index in [1.54, 1.807) is 43.3 Å². The van der Waals surface area contributed by atoms with E-state index in [1.807, 2.05) is 0 Å². The van der Waals surface area contributed by atoms with E-state index in [9.17, 15) is 30.0 Å². The summed E-state index contributed by atoms with van der Waals surface area (Å²) in [5, 5.41) is 42.3. The van der Waals surface area contributed by atoms with E-state index in [4.69, 9.17) is 4.74 Å². The lowest BCUT2D eigenvalue weighted by molar-refractivity contribution is -0.231. The monoisotopic (exact) mass is 453 g/mol. The normalized spacial score (nSPS) is 24.5. The van der Waals surface area contributed by atoms with Crippen molar-refractivity contribution < 1.29 is 34.8 Å². The molecule has 8 nitrogen and oxygen atoms in total. The Labute approximate surface area is 191 Å². The number of ketones is 1. The zero-order valence-electron chi connectivity index (χ0n) is 18.4. The smallest absolute Gasteiger partial charge is 0.251 e. The molecule has 2 aromatic carbocycles. The third kappa shape index (κ3) is 5.47. The molecule has 8 heteroatoms. The summed E-state index contributed by atoms with van der Waals surface area (Å²) in [4.78, 5) is 24.3. The molecule has 1 fully saturated rings. The summed E-state index contributed by atoms with van der Waals surface area (Å²) in [5.41, 5.74) is 2.30. The van der Waals surface area contributed by atoms with Gasteiger partial charge in [-0.2, -0.15) is 0 Å².